The average molecular weight is 603 g/mol. The molecule has 0 spiro atoms. The summed E-state index contributed by atoms with van der Waals surface area (Å²) >= 11 is 0. The molecule has 0 unspecified atom stereocenters. The molecule has 0 atom stereocenters. The third-order valence-electron chi connectivity index (χ3n) is 4.89. The Balaban J connectivity index is 0.000000941. The lowest BCUT2D eigenvalue weighted by molar-refractivity contribution is -0.193. The van der Waals surface area contributed by atoms with Crippen LogP contribution in [0.3, 0.4) is 0 Å². The number of ketones is 2. The molecule has 0 aromatic heterocycles. The van der Waals surface area contributed by atoms with Crippen LogP contribution in [-0.2, 0) is 19.1 Å². The van der Waals surface area contributed by atoms with Gasteiger partial charge < -0.3 is 36.8 Å². The summed E-state index contributed by atoms with van der Waals surface area (Å²) in [5.74, 6) is -7.14. The van der Waals surface area contributed by atoms with Gasteiger partial charge in [-0.25, -0.2) is 9.59 Å². The van der Waals surface area contributed by atoms with Crippen molar-refractivity contribution in [3.8, 4) is 5.75 Å². The van der Waals surface area contributed by atoms with Crippen molar-refractivity contribution in [3.63, 3.8) is 0 Å². The van der Waals surface area contributed by atoms with E-state index < -0.39 is 35.9 Å². The van der Waals surface area contributed by atoms with E-state index in [4.69, 9.17) is 36.0 Å². The van der Waals surface area contributed by atoms with Gasteiger partial charge in [-0.15, -0.1) is 0 Å². The monoisotopic (exact) mass is 603 g/mol. The van der Waals surface area contributed by atoms with Crippen molar-refractivity contribution in [2.75, 3.05) is 26.2 Å². The van der Waals surface area contributed by atoms with E-state index in [-0.39, 0.29) is 35.1 Å². The lowest BCUT2D eigenvalue weighted by atomic mass is 9.93. The predicted octanol–water partition coefficient (Wildman–Crippen LogP) is 1.76. The Labute approximate surface area is 227 Å². The van der Waals surface area contributed by atoms with E-state index in [1.54, 1.807) is 0 Å². The number of carbonyl (C=O) groups excluding carboxylic acids is 3. The van der Waals surface area contributed by atoms with Gasteiger partial charge >= 0.3 is 24.3 Å². The molecule has 1 aromatic carbocycles. The number of benzene rings is 1. The second-order valence-corrected chi connectivity index (χ2v) is 7.98. The number of amides is 1. The number of nitrogens with one attached hydrogen (secondary N) is 1. The Morgan fingerprint density at radius 1 is 0.927 bits per heavy atom. The molecule has 1 amide bonds. The van der Waals surface area contributed by atoms with E-state index in [1.165, 1.54) is 18.2 Å². The number of ether oxygens (including phenoxy) is 1. The summed E-state index contributed by atoms with van der Waals surface area (Å²) in [6.07, 6.45) is -6.57. The third-order valence-corrected chi connectivity index (χ3v) is 4.89. The number of aliphatic carboxylic acids is 2. The van der Waals surface area contributed by atoms with Crippen LogP contribution in [0.5, 0.6) is 5.75 Å². The van der Waals surface area contributed by atoms with Crippen LogP contribution in [0.1, 0.15) is 40.0 Å². The Hall–Kier alpha value is -4.19. The van der Waals surface area contributed by atoms with Crippen molar-refractivity contribution in [2.24, 2.45) is 17.4 Å². The van der Waals surface area contributed by atoms with E-state index in [2.05, 4.69) is 5.32 Å². The molecule has 0 radical (unpaired) electrons. The largest absolute Gasteiger partial charge is 0.507 e. The highest BCUT2D eigenvalue weighted by Crippen LogP contribution is 2.28. The highest BCUT2D eigenvalue weighted by molar-refractivity contribution is 6.24. The molecular formula is C23H27F6N3O9. The first-order valence-electron chi connectivity index (χ1n) is 11.4. The van der Waals surface area contributed by atoms with Gasteiger partial charge in [-0.3, -0.25) is 14.4 Å². The molecular weight excluding hydrogens is 576 g/mol. The highest BCUT2D eigenvalue weighted by atomic mass is 19.4. The average Bonchev–Trinajstić information content (AvgIpc) is 2.87. The van der Waals surface area contributed by atoms with E-state index in [9.17, 15) is 45.8 Å². The zero-order valence-corrected chi connectivity index (χ0v) is 21.1. The van der Waals surface area contributed by atoms with Crippen LogP contribution in [0.25, 0.3) is 0 Å². The fraction of sp³-hybridized carbons (Fsp3) is 0.435. The lowest BCUT2D eigenvalue weighted by Crippen LogP contribution is -2.30. The topological polar surface area (TPSA) is 219 Å². The minimum atomic E-state index is -5.08. The highest BCUT2D eigenvalue weighted by Gasteiger charge is 2.39. The van der Waals surface area contributed by atoms with E-state index in [1.807, 2.05) is 0 Å². The van der Waals surface area contributed by atoms with E-state index in [0.29, 0.717) is 25.6 Å². The second-order valence-electron chi connectivity index (χ2n) is 7.98. The molecule has 0 saturated heterocycles. The molecule has 1 aliphatic carbocycles. The number of fused-ring (bicyclic) bond motifs is 1. The molecule has 8 N–H and O–H groups in total. The van der Waals surface area contributed by atoms with Crippen molar-refractivity contribution in [1.29, 1.82) is 0 Å². The summed E-state index contributed by atoms with van der Waals surface area (Å²) in [7, 11) is 0. The van der Waals surface area contributed by atoms with Gasteiger partial charge in [-0.1, -0.05) is 12.5 Å². The Morgan fingerprint density at radius 2 is 1.44 bits per heavy atom. The summed E-state index contributed by atoms with van der Waals surface area (Å²) in [6.45, 7) is 1.22. The zero-order valence-electron chi connectivity index (χ0n) is 21.1. The van der Waals surface area contributed by atoms with Gasteiger partial charge in [-0.05, 0) is 44.0 Å². The number of alkyl halides is 6. The van der Waals surface area contributed by atoms with Gasteiger partial charge in [-0.2, -0.15) is 26.3 Å². The fourth-order valence-corrected chi connectivity index (χ4v) is 2.80. The Kier molecular flexibility index (Phi) is 15.1. The number of Topliss-reactive ketones (excluding diaryl/α,β-unsaturated/α-hetero) is 1. The summed E-state index contributed by atoms with van der Waals surface area (Å²) in [4.78, 5) is 54.0. The van der Waals surface area contributed by atoms with Gasteiger partial charge in [0.15, 0.2) is 18.1 Å². The van der Waals surface area contributed by atoms with Crippen LogP contribution in [0.2, 0.25) is 0 Å². The number of allylic oxidation sites excluding steroid dienone is 2. The summed E-state index contributed by atoms with van der Waals surface area (Å²) in [5, 5.41) is 26.7. The summed E-state index contributed by atoms with van der Waals surface area (Å²) in [6, 6.07) is 4.23. The minimum Gasteiger partial charge on any atom is -0.507 e. The van der Waals surface area contributed by atoms with Crippen molar-refractivity contribution in [2.45, 2.75) is 31.6 Å². The van der Waals surface area contributed by atoms with Crippen LogP contribution in [0.15, 0.2) is 30.0 Å². The van der Waals surface area contributed by atoms with Crippen LogP contribution in [-0.4, -0.2) is 83.3 Å². The van der Waals surface area contributed by atoms with Gasteiger partial charge in [0, 0.05) is 18.2 Å². The van der Waals surface area contributed by atoms with Crippen molar-refractivity contribution >= 4 is 29.4 Å². The predicted molar refractivity (Wildman–Crippen MR) is 127 cm³/mol. The summed E-state index contributed by atoms with van der Waals surface area (Å²) in [5.41, 5.74) is 11.2. The van der Waals surface area contributed by atoms with Gasteiger partial charge in [0.25, 0.3) is 5.91 Å². The van der Waals surface area contributed by atoms with Crippen molar-refractivity contribution in [1.82, 2.24) is 5.32 Å². The van der Waals surface area contributed by atoms with Crippen molar-refractivity contribution < 1.29 is 70.4 Å². The molecule has 1 aliphatic rings. The van der Waals surface area contributed by atoms with Crippen molar-refractivity contribution in [3.05, 3.63) is 41.2 Å². The standard InChI is InChI=1S/C19H25N3O5.2C2HF3O2/c20-9-12(10-21)4-1-2-7-22-17(25)11-27-16-8-15(24)18-13(19(16)26)5-3-6-14(18)23;2*3-2(4,5)1(6)7/h3,5-6,8,12,23H,1-2,4,7,9-11,20-21H2,(H,22,25);2*(H,6,7). The van der Waals surface area contributed by atoms with E-state index >= 15 is 0 Å². The lowest BCUT2D eigenvalue weighted by Gasteiger charge is -2.16. The zero-order chi connectivity index (χ0) is 32.0. The number of carboxylic acids is 2. The number of carbonyl (C=O) groups is 5. The maximum Gasteiger partial charge on any atom is 0.490 e. The first-order chi connectivity index (χ1) is 18.9. The number of rotatable bonds is 10. The Morgan fingerprint density at radius 3 is 1.90 bits per heavy atom. The molecule has 0 aliphatic heterocycles. The van der Waals surface area contributed by atoms with Gasteiger partial charge in [0.05, 0.1) is 5.56 Å². The molecule has 12 nitrogen and oxygen atoms in total. The van der Waals surface area contributed by atoms with Gasteiger partial charge in [0.2, 0.25) is 5.78 Å². The number of phenolic OH excluding ortho intramolecular Hbond substituents is 1. The molecule has 41 heavy (non-hydrogen) atoms. The molecule has 0 bridgehead atoms. The number of aromatic hydroxyl groups is 1. The maximum atomic E-state index is 12.3. The SMILES string of the molecule is NCC(CN)CCCCNC(=O)COC1=CC(=O)c2c(O)cccc2C1=O.O=C(O)C(F)(F)F.O=C(O)C(F)(F)F. The van der Waals surface area contributed by atoms with E-state index in [0.717, 1.165) is 25.3 Å². The summed E-state index contributed by atoms with van der Waals surface area (Å²) < 4.78 is 68.7. The number of phenols is 1. The number of carboxylic acid groups (broad SMARTS) is 2. The normalized spacial score (nSPS) is 12.7. The number of hydrogen-bond donors (Lipinski definition) is 6. The quantitative estimate of drug-likeness (QED) is 0.167. The van der Waals surface area contributed by atoms with Crippen LogP contribution < -0.4 is 16.8 Å². The van der Waals surface area contributed by atoms with Crippen LogP contribution in [0.4, 0.5) is 26.3 Å². The first-order valence-corrected chi connectivity index (χ1v) is 11.4. The molecule has 0 fully saturated rings. The third kappa shape index (κ3) is 13.6. The van der Waals surface area contributed by atoms with Crippen LogP contribution >= 0.6 is 0 Å². The number of hydrogen-bond acceptors (Lipinski definition) is 9. The first kappa shape index (κ1) is 36.8. The molecule has 0 heterocycles. The smallest absolute Gasteiger partial charge is 0.490 e. The molecule has 230 valence electrons. The molecule has 0 saturated carbocycles. The van der Waals surface area contributed by atoms with Crippen LogP contribution in [0, 0.1) is 5.92 Å². The Bertz CT molecular complexity index is 1090. The number of unbranched alkanes of at least 4 members (excludes halogenated alkanes) is 1. The fourth-order valence-electron chi connectivity index (χ4n) is 2.80. The minimum absolute atomic E-state index is 0.0486. The number of nitrogens with two attached hydrogens (primary N) is 2. The molecule has 2 rings (SSSR count). The maximum absolute atomic E-state index is 12.3. The molecule has 1 aromatic rings. The second kappa shape index (κ2) is 16.8. The number of halogens is 6. The van der Waals surface area contributed by atoms with Gasteiger partial charge in [0.1, 0.15) is 5.75 Å². The molecule has 18 heteroatoms.